The molecule has 0 radical (unpaired) electrons. The van der Waals surface area contributed by atoms with Gasteiger partial charge in [0.25, 0.3) is 0 Å². The van der Waals surface area contributed by atoms with Crippen LogP contribution >= 0.6 is 0 Å². The fourth-order valence-corrected chi connectivity index (χ4v) is 2.16. The van der Waals surface area contributed by atoms with Gasteiger partial charge in [-0.15, -0.1) is 0 Å². The molecule has 2 rings (SSSR count). The number of amides is 1. The maximum atomic E-state index is 12.0. The Hall–Kier alpha value is -2.75. The molecule has 4 nitrogen and oxygen atoms in total. The van der Waals surface area contributed by atoms with Crippen molar-refractivity contribution in [1.82, 2.24) is 0 Å². The zero-order valence-corrected chi connectivity index (χ0v) is 13.7. The molecule has 0 aromatic heterocycles. The SMILES string of the molecule is COc1ccc(N)cc1NC(=O)/C=C/c1ccc(C(C)C)cc1. The highest BCUT2D eigenvalue weighted by molar-refractivity contribution is 6.03. The van der Waals surface area contributed by atoms with E-state index in [1.807, 2.05) is 12.1 Å². The van der Waals surface area contributed by atoms with Crippen molar-refractivity contribution in [3.63, 3.8) is 0 Å². The molecule has 0 aliphatic rings. The summed E-state index contributed by atoms with van der Waals surface area (Å²) in [5.41, 5.74) is 9.10. The van der Waals surface area contributed by atoms with E-state index in [-0.39, 0.29) is 5.91 Å². The van der Waals surface area contributed by atoms with Crippen LogP contribution in [0.15, 0.2) is 48.5 Å². The summed E-state index contributed by atoms with van der Waals surface area (Å²) in [7, 11) is 1.55. The number of rotatable bonds is 5. The predicted molar refractivity (Wildman–Crippen MR) is 95.6 cm³/mol. The first-order valence-corrected chi connectivity index (χ1v) is 7.52. The van der Waals surface area contributed by atoms with Crippen LogP contribution < -0.4 is 15.8 Å². The van der Waals surface area contributed by atoms with Crippen molar-refractivity contribution in [2.75, 3.05) is 18.2 Å². The minimum atomic E-state index is -0.234. The number of nitrogens with two attached hydrogens (primary N) is 1. The minimum absolute atomic E-state index is 0.234. The first kappa shape index (κ1) is 16.6. The lowest BCUT2D eigenvalue weighted by Crippen LogP contribution is -2.09. The third kappa shape index (κ3) is 4.61. The van der Waals surface area contributed by atoms with E-state index >= 15 is 0 Å². The van der Waals surface area contributed by atoms with Gasteiger partial charge in [0, 0.05) is 11.8 Å². The van der Waals surface area contributed by atoms with Gasteiger partial charge in [0.15, 0.2) is 0 Å². The lowest BCUT2D eigenvalue weighted by molar-refractivity contribution is -0.111. The molecule has 0 spiro atoms. The molecule has 0 saturated carbocycles. The van der Waals surface area contributed by atoms with Crippen LogP contribution in [0, 0.1) is 0 Å². The van der Waals surface area contributed by atoms with Crippen molar-refractivity contribution in [3.05, 3.63) is 59.7 Å². The van der Waals surface area contributed by atoms with Crippen molar-refractivity contribution >= 4 is 23.4 Å². The second-order valence-electron chi connectivity index (χ2n) is 5.60. The highest BCUT2D eigenvalue weighted by atomic mass is 16.5. The van der Waals surface area contributed by atoms with Gasteiger partial charge in [-0.05, 0) is 41.3 Å². The molecule has 1 amide bonds. The molecule has 0 unspecified atom stereocenters. The van der Waals surface area contributed by atoms with Crippen LogP contribution in [0.4, 0.5) is 11.4 Å². The third-order valence-electron chi connectivity index (χ3n) is 3.51. The maximum absolute atomic E-state index is 12.0. The molecule has 0 atom stereocenters. The van der Waals surface area contributed by atoms with E-state index in [0.29, 0.717) is 23.0 Å². The average molecular weight is 310 g/mol. The van der Waals surface area contributed by atoms with Crippen LogP contribution in [0.3, 0.4) is 0 Å². The monoisotopic (exact) mass is 310 g/mol. The molecule has 0 aliphatic heterocycles. The molecule has 0 aliphatic carbocycles. The second-order valence-corrected chi connectivity index (χ2v) is 5.60. The van der Waals surface area contributed by atoms with Crippen LogP contribution in [-0.2, 0) is 4.79 Å². The Bertz CT molecular complexity index is 704. The maximum Gasteiger partial charge on any atom is 0.248 e. The summed E-state index contributed by atoms with van der Waals surface area (Å²) in [5.74, 6) is 0.830. The second kappa shape index (κ2) is 7.49. The number of hydrogen-bond acceptors (Lipinski definition) is 3. The van der Waals surface area contributed by atoms with Crippen molar-refractivity contribution in [2.24, 2.45) is 0 Å². The van der Waals surface area contributed by atoms with Crippen LogP contribution in [0.1, 0.15) is 30.9 Å². The van der Waals surface area contributed by atoms with Crippen molar-refractivity contribution in [2.45, 2.75) is 19.8 Å². The van der Waals surface area contributed by atoms with Gasteiger partial charge in [-0.1, -0.05) is 38.1 Å². The number of carbonyl (C=O) groups excluding carboxylic acids is 1. The van der Waals surface area contributed by atoms with Gasteiger partial charge < -0.3 is 15.8 Å². The van der Waals surface area contributed by atoms with E-state index in [1.54, 1.807) is 31.4 Å². The smallest absolute Gasteiger partial charge is 0.248 e. The fourth-order valence-electron chi connectivity index (χ4n) is 2.16. The highest BCUT2D eigenvalue weighted by Gasteiger charge is 2.06. The number of nitrogens with one attached hydrogen (secondary N) is 1. The molecule has 3 N–H and O–H groups in total. The molecule has 2 aromatic rings. The van der Waals surface area contributed by atoms with Gasteiger partial charge in [-0.2, -0.15) is 0 Å². The first-order valence-electron chi connectivity index (χ1n) is 7.52. The molecule has 0 fully saturated rings. The summed E-state index contributed by atoms with van der Waals surface area (Å²) in [6.45, 7) is 4.30. The van der Waals surface area contributed by atoms with E-state index in [2.05, 4.69) is 31.3 Å². The Morgan fingerprint density at radius 1 is 1.17 bits per heavy atom. The number of ether oxygens (including phenoxy) is 1. The van der Waals surface area contributed by atoms with Gasteiger partial charge in [0.05, 0.1) is 12.8 Å². The molecule has 23 heavy (non-hydrogen) atoms. The van der Waals surface area contributed by atoms with E-state index < -0.39 is 0 Å². The van der Waals surface area contributed by atoms with E-state index in [1.165, 1.54) is 11.6 Å². The molecular weight excluding hydrogens is 288 g/mol. The summed E-state index contributed by atoms with van der Waals surface area (Å²) in [5, 5.41) is 2.77. The zero-order valence-electron chi connectivity index (χ0n) is 13.7. The average Bonchev–Trinajstić information content (AvgIpc) is 2.53. The lowest BCUT2D eigenvalue weighted by atomic mass is 10.0. The Labute approximate surface area is 137 Å². The molecule has 2 aromatic carbocycles. The lowest BCUT2D eigenvalue weighted by Gasteiger charge is -2.09. The molecule has 0 bridgehead atoms. The topological polar surface area (TPSA) is 64.3 Å². The standard InChI is InChI=1S/C19H22N2O2/c1-13(2)15-7-4-14(5-8-15)6-11-19(22)21-17-12-16(20)9-10-18(17)23-3/h4-13H,20H2,1-3H3,(H,21,22)/b11-6+. The molecular formula is C19H22N2O2. The number of nitrogen functional groups attached to an aromatic ring is 1. The summed E-state index contributed by atoms with van der Waals surface area (Å²) < 4.78 is 5.21. The van der Waals surface area contributed by atoms with Gasteiger partial charge in [0.1, 0.15) is 5.75 Å². The number of carbonyl (C=O) groups is 1. The Morgan fingerprint density at radius 2 is 1.87 bits per heavy atom. The van der Waals surface area contributed by atoms with E-state index in [4.69, 9.17) is 10.5 Å². The summed E-state index contributed by atoms with van der Waals surface area (Å²) in [6, 6.07) is 13.3. The summed E-state index contributed by atoms with van der Waals surface area (Å²) in [4.78, 5) is 12.0. The Kier molecular flexibility index (Phi) is 5.41. The largest absolute Gasteiger partial charge is 0.495 e. The van der Waals surface area contributed by atoms with Crippen LogP contribution in [0.5, 0.6) is 5.75 Å². The molecule has 0 saturated heterocycles. The van der Waals surface area contributed by atoms with Crippen LogP contribution in [-0.4, -0.2) is 13.0 Å². The van der Waals surface area contributed by atoms with Crippen molar-refractivity contribution < 1.29 is 9.53 Å². The quantitative estimate of drug-likeness (QED) is 0.647. The number of methoxy groups -OCH3 is 1. The highest BCUT2D eigenvalue weighted by Crippen LogP contribution is 2.26. The predicted octanol–water partition coefficient (Wildman–Crippen LogP) is 4.05. The van der Waals surface area contributed by atoms with Crippen LogP contribution in [0.2, 0.25) is 0 Å². The molecule has 0 heterocycles. The van der Waals surface area contributed by atoms with Gasteiger partial charge in [0.2, 0.25) is 5.91 Å². The number of hydrogen-bond donors (Lipinski definition) is 2. The van der Waals surface area contributed by atoms with E-state index in [0.717, 1.165) is 5.56 Å². The summed E-state index contributed by atoms with van der Waals surface area (Å²) in [6.07, 6.45) is 3.27. The first-order chi connectivity index (χ1) is 11.0. The fraction of sp³-hybridized carbons (Fsp3) is 0.211. The van der Waals surface area contributed by atoms with Gasteiger partial charge in [-0.3, -0.25) is 4.79 Å². The number of benzene rings is 2. The molecule has 120 valence electrons. The zero-order chi connectivity index (χ0) is 16.8. The van der Waals surface area contributed by atoms with Crippen LogP contribution in [0.25, 0.3) is 6.08 Å². The van der Waals surface area contributed by atoms with Gasteiger partial charge in [-0.25, -0.2) is 0 Å². The number of anilines is 2. The van der Waals surface area contributed by atoms with Crippen molar-refractivity contribution in [3.8, 4) is 5.75 Å². The third-order valence-corrected chi connectivity index (χ3v) is 3.51. The summed E-state index contributed by atoms with van der Waals surface area (Å²) >= 11 is 0. The van der Waals surface area contributed by atoms with Gasteiger partial charge >= 0.3 is 0 Å². The Morgan fingerprint density at radius 3 is 2.48 bits per heavy atom. The minimum Gasteiger partial charge on any atom is -0.495 e. The normalized spacial score (nSPS) is 11.0. The Balaban J connectivity index is 2.05. The van der Waals surface area contributed by atoms with Crippen molar-refractivity contribution in [1.29, 1.82) is 0 Å². The molecule has 4 heteroatoms. The van der Waals surface area contributed by atoms with E-state index in [9.17, 15) is 4.79 Å².